The Bertz CT molecular complexity index is 1010. The Morgan fingerprint density at radius 3 is 1.77 bits per heavy atom. The van der Waals surface area contributed by atoms with E-state index in [9.17, 15) is 4.79 Å². The average Bonchev–Trinajstić information content (AvgIpc) is 2.99. The minimum absolute atomic E-state index is 0.402. The number of aliphatic imine (C=N–C) groups is 2. The van der Waals surface area contributed by atoms with Crippen LogP contribution in [-0.4, -0.2) is 37.0 Å². The molecule has 0 fully saturated rings. The highest BCUT2D eigenvalue weighted by atomic mass is 16.1. The molecule has 1 heterocycles. The number of rotatable bonds is 8. The SMILES string of the molecule is C=C.C=O.CCCC.CCCC.CN=C/C(=C(C)/N=C(C)\C(C=O)=C(/C)N)c1ccc(-c2ccccc2)nc1. The Morgan fingerprint density at radius 1 is 0.897 bits per heavy atom. The summed E-state index contributed by atoms with van der Waals surface area (Å²) >= 11 is 0. The number of aldehydes is 1. The van der Waals surface area contributed by atoms with Crippen LogP contribution in [0.5, 0.6) is 0 Å². The third-order valence-corrected chi connectivity index (χ3v) is 5.06. The van der Waals surface area contributed by atoms with Gasteiger partial charge in [0.15, 0.2) is 6.29 Å². The summed E-state index contributed by atoms with van der Waals surface area (Å²) in [6.07, 6.45) is 9.55. The van der Waals surface area contributed by atoms with Gasteiger partial charge in [-0.15, -0.1) is 13.2 Å². The molecule has 2 aromatic rings. The zero-order chi connectivity index (χ0) is 30.6. The maximum atomic E-state index is 11.2. The summed E-state index contributed by atoms with van der Waals surface area (Å²) in [6, 6.07) is 14.0. The number of carbonyl (C=O) groups is 2. The van der Waals surface area contributed by atoms with Crippen molar-refractivity contribution in [3.8, 4) is 11.3 Å². The lowest BCUT2D eigenvalue weighted by Crippen LogP contribution is -2.08. The van der Waals surface area contributed by atoms with Gasteiger partial charge in [0.25, 0.3) is 0 Å². The second-order valence-corrected chi connectivity index (χ2v) is 8.10. The van der Waals surface area contributed by atoms with Gasteiger partial charge in [-0.05, 0) is 26.8 Å². The maximum absolute atomic E-state index is 11.2. The van der Waals surface area contributed by atoms with Crippen molar-refractivity contribution in [2.24, 2.45) is 15.7 Å². The number of aromatic nitrogens is 1. The van der Waals surface area contributed by atoms with Crippen LogP contribution >= 0.6 is 0 Å². The second-order valence-electron chi connectivity index (χ2n) is 8.10. The second kappa shape index (κ2) is 27.1. The van der Waals surface area contributed by atoms with E-state index in [0.29, 0.717) is 17.0 Å². The molecular formula is C33H50N4O2. The van der Waals surface area contributed by atoms with Gasteiger partial charge in [-0.1, -0.05) is 89.8 Å². The average molecular weight is 535 g/mol. The molecule has 2 rings (SSSR count). The van der Waals surface area contributed by atoms with Crippen molar-refractivity contribution >= 4 is 30.6 Å². The zero-order valence-corrected chi connectivity index (χ0v) is 25.5. The van der Waals surface area contributed by atoms with Gasteiger partial charge in [-0.3, -0.25) is 19.8 Å². The Hall–Kier alpha value is -3.93. The largest absolute Gasteiger partial charge is 0.402 e. The third kappa shape index (κ3) is 17.3. The minimum Gasteiger partial charge on any atom is -0.402 e. The van der Waals surface area contributed by atoms with E-state index in [1.54, 1.807) is 33.3 Å². The van der Waals surface area contributed by atoms with Crippen molar-refractivity contribution < 1.29 is 9.59 Å². The Balaban J connectivity index is -0.000000921. The van der Waals surface area contributed by atoms with Gasteiger partial charge in [0.2, 0.25) is 0 Å². The number of nitrogens with two attached hydrogens (primary N) is 1. The molecule has 6 nitrogen and oxygen atoms in total. The van der Waals surface area contributed by atoms with Crippen molar-refractivity contribution in [1.82, 2.24) is 4.98 Å². The van der Waals surface area contributed by atoms with E-state index in [1.165, 1.54) is 25.7 Å². The Labute approximate surface area is 237 Å². The molecule has 6 heteroatoms. The molecule has 0 unspecified atom stereocenters. The van der Waals surface area contributed by atoms with E-state index in [2.05, 4.69) is 55.8 Å². The summed E-state index contributed by atoms with van der Waals surface area (Å²) in [5.41, 5.74) is 11.6. The molecule has 214 valence electrons. The van der Waals surface area contributed by atoms with Crippen LogP contribution in [0.25, 0.3) is 16.8 Å². The van der Waals surface area contributed by atoms with Crippen LogP contribution in [0.1, 0.15) is 79.7 Å². The molecule has 0 saturated heterocycles. The quantitative estimate of drug-likeness (QED) is 0.159. The number of hydrogen-bond donors (Lipinski definition) is 1. The van der Waals surface area contributed by atoms with Gasteiger partial charge in [-0.2, -0.15) is 0 Å². The third-order valence-electron chi connectivity index (χ3n) is 5.06. The van der Waals surface area contributed by atoms with Crippen molar-refractivity contribution in [1.29, 1.82) is 0 Å². The highest BCUT2D eigenvalue weighted by Gasteiger charge is 2.08. The molecule has 1 aromatic carbocycles. The Kier molecular flexibility index (Phi) is 27.5. The highest BCUT2D eigenvalue weighted by molar-refractivity contribution is 6.16. The monoisotopic (exact) mass is 534 g/mol. The normalized spacial score (nSPS) is 11.4. The molecule has 1 aromatic heterocycles. The predicted octanol–water partition coefficient (Wildman–Crippen LogP) is 8.30. The highest BCUT2D eigenvalue weighted by Crippen LogP contribution is 2.22. The molecule has 0 aliphatic heterocycles. The molecule has 0 amide bonds. The van der Waals surface area contributed by atoms with Crippen molar-refractivity contribution in [3.63, 3.8) is 0 Å². The van der Waals surface area contributed by atoms with Crippen molar-refractivity contribution in [2.45, 2.75) is 74.1 Å². The summed E-state index contributed by atoms with van der Waals surface area (Å²) in [5, 5.41) is 0. The summed E-state index contributed by atoms with van der Waals surface area (Å²) < 4.78 is 0. The molecule has 0 aliphatic carbocycles. The lowest BCUT2D eigenvalue weighted by molar-refractivity contribution is -0.104. The van der Waals surface area contributed by atoms with E-state index < -0.39 is 0 Å². The molecule has 2 N–H and O–H groups in total. The molecule has 0 bridgehead atoms. The lowest BCUT2D eigenvalue weighted by Gasteiger charge is -2.08. The minimum atomic E-state index is 0.402. The molecule has 0 spiro atoms. The van der Waals surface area contributed by atoms with Crippen LogP contribution < -0.4 is 5.73 Å². The first-order chi connectivity index (χ1) is 18.8. The maximum Gasteiger partial charge on any atom is 0.153 e. The number of pyridine rings is 1. The smallest absolute Gasteiger partial charge is 0.153 e. The van der Waals surface area contributed by atoms with E-state index in [1.807, 2.05) is 56.2 Å². The van der Waals surface area contributed by atoms with Crippen LogP contribution in [0, 0.1) is 0 Å². The topological polar surface area (TPSA) is 97.8 Å². The number of benzene rings is 1. The summed E-state index contributed by atoms with van der Waals surface area (Å²) in [5.74, 6) is 0. The number of nitrogens with zero attached hydrogens (tertiary/aromatic N) is 3. The van der Waals surface area contributed by atoms with Gasteiger partial charge >= 0.3 is 0 Å². The number of allylic oxidation sites excluding steroid dienone is 4. The van der Waals surface area contributed by atoms with E-state index in [0.717, 1.165) is 34.4 Å². The van der Waals surface area contributed by atoms with Crippen molar-refractivity contribution in [3.05, 3.63) is 84.3 Å². The predicted molar refractivity (Wildman–Crippen MR) is 172 cm³/mol. The summed E-state index contributed by atoms with van der Waals surface area (Å²) in [4.78, 5) is 32.5. The molecule has 0 aliphatic rings. The van der Waals surface area contributed by atoms with Crippen LogP contribution in [0.2, 0.25) is 0 Å². The first-order valence-corrected chi connectivity index (χ1v) is 13.2. The number of carbonyl (C=O) groups excluding carboxylic acids is 2. The van der Waals surface area contributed by atoms with Crippen LogP contribution in [0.15, 0.2) is 88.8 Å². The van der Waals surface area contributed by atoms with Crippen LogP contribution in [-0.2, 0) is 9.59 Å². The Morgan fingerprint density at radius 2 is 1.41 bits per heavy atom. The van der Waals surface area contributed by atoms with E-state index in [-0.39, 0.29) is 0 Å². The van der Waals surface area contributed by atoms with Gasteiger partial charge in [0.1, 0.15) is 6.79 Å². The molecule has 0 saturated carbocycles. The number of hydrogen-bond acceptors (Lipinski definition) is 6. The fourth-order valence-electron chi connectivity index (χ4n) is 2.67. The molecule has 0 atom stereocenters. The van der Waals surface area contributed by atoms with Crippen molar-refractivity contribution in [2.75, 3.05) is 7.05 Å². The summed E-state index contributed by atoms with van der Waals surface area (Å²) in [7, 11) is 1.70. The molecule has 39 heavy (non-hydrogen) atoms. The van der Waals surface area contributed by atoms with Crippen LogP contribution in [0.4, 0.5) is 0 Å². The number of unbranched alkanes of at least 4 members (excludes halogenated alkanes) is 2. The zero-order valence-electron chi connectivity index (χ0n) is 25.5. The van der Waals surface area contributed by atoms with Gasteiger partial charge in [-0.25, -0.2) is 0 Å². The van der Waals surface area contributed by atoms with Gasteiger partial charge < -0.3 is 10.5 Å². The summed E-state index contributed by atoms with van der Waals surface area (Å²) in [6.45, 7) is 22.0. The van der Waals surface area contributed by atoms with Gasteiger partial charge in [0.05, 0.1) is 11.3 Å². The first kappa shape index (κ1) is 39.6. The fourth-order valence-corrected chi connectivity index (χ4v) is 2.67. The van der Waals surface area contributed by atoms with E-state index >= 15 is 0 Å². The van der Waals surface area contributed by atoms with Gasteiger partial charge in [0, 0.05) is 53.3 Å². The fraction of sp³-hybridized carbons (Fsp3) is 0.364. The molecular weight excluding hydrogens is 484 g/mol. The standard InChI is InChI=1S/C22H24N4O.2C4H10.C2H4.CH2O/c1-15(23)21(14-27)17(3)26-16(2)20(13-24-4)19-10-11-22(25-12-19)18-8-6-5-7-9-18;2*1-3-4-2;2*1-2/h5-14H,23H2,1-4H3;2*3-4H2,1-2H3;1-2H2;1H2/b20-16-,21-15+,24-13?,26-17-;;;;. The molecule has 0 radical (unpaired) electrons. The van der Waals surface area contributed by atoms with E-state index in [4.69, 9.17) is 10.5 Å². The van der Waals surface area contributed by atoms with Crippen LogP contribution in [0.3, 0.4) is 0 Å². The lowest BCUT2D eigenvalue weighted by atomic mass is 10.0. The first-order valence-electron chi connectivity index (χ1n) is 13.2.